The average molecular weight is 911 g/mol. The zero-order valence-corrected chi connectivity index (χ0v) is 37.8. The lowest BCUT2D eigenvalue weighted by molar-refractivity contribution is -0.256. The van der Waals surface area contributed by atoms with Gasteiger partial charge in [0.25, 0.3) is 0 Å². The van der Waals surface area contributed by atoms with E-state index in [1.807, 2.05) is 12.1 Å². The van der Waals surface area contributed by atoms with Crippen LogP contribution in [0.3, 0.4) is 0 Å². The molecular formula is C52H63FN2O11. The number of unbranched alkanes of at least 4 members (excludes halogenated alkanes) is 2. The number of hydrogen-bond acceptors (Lipinski definition) is 12. The van der Waals surface area contributed by atoms with Crippen molar-refractivity contribution in [3.05, 3.63) is 120 Å². The van der Waals surface area contributed by atoms with Gasteiger partial charge in [0, 0.05) is 44.1 Å². The summed E-state index contributed by atoms with van der Waals surface area (Å²) < 4.78 is 52.6. The van der Waals surface area contributed by atoms with Gasteiger partial charge in [0.15, 0.2) is 6.29 Å². The van der Waals surface area contributed by atoms with Crippen molar-refractivity contribution in [2.24, 2.45) is 22.9 Å². The summed E-state index contributed by atoms with van der Waals surface area (Å²) in [5.41, 5.74) is 3.30. The van der Waals surface area contributed by atoms with Crippen LogP contribution in [0.5, 0.6) is 23.0 Å². The number of fused-ring (bicyclic) bond motifs is 2. The van der Waals surface area contributed by atoms with Crippen LogP contribution in [0.4, 0.5) is 9.18 Å². The number of amides is 1. The molecule has 13 nitrogen and oxygen atoms in total. The molecule has 7 atom stereocenters. The van der Waals surface area contributed by atoms with Gasteiger partial charge in [-0.05, 0) is 116 Å². The Morgan fingerprint density at radius 3 is 2.47 bits per heavy atom. The first-order chi connectivity index (χ1) is 32.3. The number of carbonyl (C=O) groups excluding carboxylic acids is 2. The van der Waals surface area contributed by atoms with E-state index in [4.69, 9.17) is 38.4 Å². The number of allylic oxidation sites excluding steroid dienone is 1. The Morgan fingerprint density at radius 2 is 1.76 bits per heavy atom. The van der Waals surface area contributed by atoms with E-state index in [-0.39, 0.29) is 57.1 Å². The number of nitrogens with zero attached hydrogens (tertiary/aromatic N) is 2. The van der Waals surface area contributed by atoms with E-state index in [9.17, 15) is 24.2 Å². The number of methoxy groups -OCH3 is 1. The zero-order chi connectivity index (χ0) is 46.5. The smallest absolute Gasteiger partial charge is 0.410 e. The van der Waals surface area contributed by atoms with Gasteiger partial charge in [-0.15, -0.1) is 13.2 Å². The Kier molecular flexibility index (Phi) is 17.1. The topological polar surface area (TPSA) is 155 Å². The van der Waals surface area contributed by atoms with Gasteiger partial charge in [-0.3, -0.25) is 9.69 Å². The standard InChI is InChI=1S/C52H63FN2O11/c1-4-6-27-62-51(59)55(33-35-16-18-38(53)19-17-35)47-32-44(54-66-48-15-9-12-28-61-48)42-30-36(13-7-10-24-56)41(14-8-11-25-57)49-43-31-40(64-39-20-22-45(60-3)37(29-39)34-58)21-23-46(43)65-52(47,50(42)49)63-26-5-2/h4-5,16-23,29-31,34,36,41,47-50,56-57H,1-2,6-15,24-28,32-33H2,3H3/t36-,41+,47-,48?,49+,50+,52+/m0/s1. The molecule has 3 aromatic carbocycles. The summed E-state index contributed by atoms with van der Waals surface area (Å²) >= 11 is 0. The second-order valence-electron chi connectivity index (χ2n) is 17.2. The van der Waals surface area contributed by atoms with Crippen LogP contribution in [0.1, 0.15) is 98.0 Å². The number of aliphatic hydroxyl groups is 2. The molecule has 1 unspecified atom stereocenters. The van der Waals surface area contributed by atoms with Crippen molar-refractivity contribution in [3.8, 4) is 23.0 Å². The number of hydrogen-bond donors (Lipinski definition) is 2. The van der Waals surface area contributed by atoms with Gasteiger partial charge in [-0.1, -0.05) is 48.4 Å². The van der Waals surface area contributed by atoms with Gasteiger partial charge in [-0.25, -0.2) is 9.18 Å². The molecule has 3 aromatic rings. The van der Waals surface area contributed by atoms with Gasteiger partial charge in [0.1, 0.15) is 34.9 Å². The minimum atomic E-state index is -1.57. The van der Waals surface area contributed by atoms with Gasteiger partial charge in [0.05, 0.1) is 44.1 Å². The molecule has 0 spiro atoms. The minimum Gasteiger partial charge on any atom is -0.496 e. The average Bonchev–Trinajstić information content (AvgIpc) is 3.34. The summed E-state index contributed by atoms with van der Waals surface area (Å²) in [6.07, 6.45) is 12.4. The van der Waals surface area contributed by atoms with Gasteiger partial charge in [-0.2, -0.15) is 0 Å². The Labute approximate surface area is 386 Å². The van der Waals surface area contributed by atoms with Crippen molar-refractivity contribution in [1.29, 1.82) is 0 Å². The highest BCUT2D eigenvalue weighted by Gasteiger charge is 2.65. The number of carbonyl (C=O) groups is 2. The van der Waals surface area contributed by atoms with E-state index in [1.54, 1.807) is 53.5 Å². The predicted molar refractivity (Wildman–Crippen MR) is 246 cm³/mol. The largest absolute Gasteiger partial charge is 0.496 e. The van der Waals surface area contributed by atoms with E-state index in [1.165, 1.54) is 19.2 Å². The molecule has 1 amide bonds. The molecule has 1 saturated carbocycles. The third-order valence-corrected chi connectivity index (χ3v) is 13.1. The quantitative estimate of drug-likeness (QED) is 0.0404. The van der Waals surface area contributed by atoms with Crippen LogP contribution in [0.2, 0.25) is 0 Å². The Balaban J connectivity index is 1.45. The molecule has 0 aromatic heterocycles. The van der Waals surface area contributed by atoms with Gasteiger partial charge in [0.2, 0.25) is 12.1 Å². The van der Waals surface area contributed by atoms with E-state index in [0.717, 1.165) is 55.9 Å². The third kappa shape index (κ3) is 11.0. The fourth-order valence-corrected chi connectivity index (χ4v) is 10.0. The van der Waals surface area contributed by atoms with Crippen LogP contribution >= 0.6 is 0 Å². The maximum Gasteiger partial charge on any atom is 0.410 e. The monoisotopic (exact) mass is 910 g/mol. The zero-order valence-electron chi connectivity index (χ0n) is 37.8. The first-order valence-electron chi connectivity index (χ1n) is 23.2. The highest BCUT2D eigenvalue weighted by Crippen LogP contribution is 2.62. The van der Waals surface area contributed by atoms with Crippen molar-refractivity contribution in [3.63, 3.8) is 0 Å². The highest BCUT2D eigenvalue weighted by molar-refractivity contribution is 6.03. The summed E-state index contributed by atoms with van der Waals surface area (Å²) in [4.78, 5) is 34.5. The summed E-state index contributed by atoms with van der Waals surface area (Å²) in [6, 6.07) is 15.8. The summed E-state index contributed by atoms with van der Waals surface area (Å²) in [6.45, 7) is 8.64. The molecule has 1 saturated heterocycles. The molecule has 0 radical (unpaired) electrons. The molecular weight excluding hydrogens is 848 g/mol. The molecule has 14 heteroatoms. The molecule has 0 bridgehead atoms. The molecule has 66 heavy (non-hydrogen) atoms. The lowest BCUT2D eigenvalue weighted by Gasteiger charge is -2.60. The van der Waals surface area contributed by atoms with Crippen molar-refractivity contribution in [2.45, 2.75) is 101 Å². The number of benzene rings is 3. The number of halogens is 1. The van der Waals surface area contributed by atoms with E-state index >= 15 is 0 Å². The lowest BCUT2D eigenvalue weighted by Crippen LogP contribution is -2.70. The normalized spacial score (nSPS) is 24.7. The highest BCUT2D eigenvalue weighted by atomic mass is 19.1. The molecule has 2 heterocycles. The number of rotatable bonds is 23. The van der Waals surface area contributed by atoms with Crippen LogP contribution in [0.25, 0.3) is 0 Å². The van der Waals surface area contributed by atoms with Crippen LogP contribution in [0, 0.1) is 23.6 Å². The second kappa shape index (κ2) is 23.3. The molecule has 2 aliphatic carbocycles. The number of aliphatic hydroxyl groups excluding tert-OH is 2. The Morgan fingerprint density at radius 1 is 0.985 bits per heavy atom. The van der Waals surface area contributed by atoms with Gasteiger partial charge < -0.3 is 43.5 Å². The van der Waals surface area contributed by atoms with Crippen molar-refractivity contribution in [2.75, 3.05) is 40.1 Å². The van der Waals surface area contributed by atoms with E-state index in [0.29, 0.717) is 72.1 Å². The lowest BCUT2D eigenvalue weighted by atomic mass is 9.55. The van der Waals surface area contributed by atoms with Crippen molar-refractivity contribution >= 4 is 18.1 Å². The Hall–Kier alpha value is -5.54. The third-order valence-electron chi connectivity index (χ3n) is 13.1. The van der Waals surface area contributed by atoms with Crippen molar-refractivity contribution < 1.29 is 57.5 Å². The molecule has 4 aliphatic rings. The maximum absolute atomic E-state index is 14.7. The van der Waals surface area contributed by atoms with Crippen molar-refractivity contribution in [1.82, 2.24) is 4.90 Å². The molecule has 2 fully saturated rings. The first-order valence-corrected chi connectivity index (χ1v) is 23.2. The summed E-state index contributed by atoms with van der Waals surface area (Å²) in [5.74, 6) is -1.11. The molecule has 7 rings (SSSR count). The molecule has 2 N–H and O–H groups in total. The van der Waals surface area contributed by atoms with E-state index in [2.05, 4.69) is 19.2 Å². The predicted octanol–water partition coefficient (Wildman–Crippen LogP) is 9.81. The van der Waals surface area contributed by atoms with Crippen LogP contribution < -0.4 is 14.2 Å². The minimum absolute atomic E-state index is 0.0114. The van der Waals surface area contributed by atoms with Gasteiger partial charge >= 0.3 is 6.09 Å². The van der Waals surface area contributed by atoms with Crippen LogP contribution in [-0.2, 0) is 25.6 Å². The van der Waals surface area contributed by atoms with E-state index < -0.39 is 35.9 Å². The fraction of sp³-hybridized carbons (Fsp3) is 0.481. The van der Waals surface area contributed by atoms with Crippen LogP contribution in [-0.4, -0.2) is 91.5 Å². The number of aldehydes is 1. The maximum atomic E-state index is 14.7. The Bertz CT molecular complexity index is 2190. The summed E-state index contributed by atoms with van der Waals surface area (Å²) in [7, 11) is 1.50. The molecule has 2 aliphatic heterocycles. The second-order valence-corrected chi connectivity index (χ2v) is 17.2. The molecule has 354 valence electrons. The SMILES string of the molecule is C=CCCOC(=O)N(Cc1ccc(F)cc1)[C@H]1CC(=NOC2CCCCO2)C2=C[C@H](CCCCO)[C@@H](CCCCO)[C@@H]3c4cc(Oc5ccc(OC)c(C=O)c5)ccc4O[C@@]1(OCC=C)[C@H]23. The first kappa shape index (κ1) is 48.4. The van der Waals surface area contributed by atoms with Crippen LogP contribution in [0.15, 0.2) is 103 Å². The fourth-order valence-electron chi connectivity index (χ4n) is 10.0. The number of ether oxygens (including phenoxy) is 6. The number of oxime groups is 1. The summed E-state index contributed by atoms with van der Waals surface area (Å²) in [5, 5.41) is 24.9.